The lowest BCUT2D eigenvalue weighted by molar-refractivity contribution is -0.384. The van der Waals surface area contributed by atoms with Crippen molar-refractivity contribution in [3.05, 3.63) is 68.1 Å². The molecule has 2 aromatic carbocycles. The lowest BCUT2D eigenvalue weighted by Gasteiger charge is -2.28. The van der Waals surface area contributed by atoms with E-state index in [0.29, 0.717) is 55.0 Å². The number of nitrogens with zero attached hydrogens (tertiary/aromatic N) is 3. The minimum Gasteiger partial charge on any atom is -0.378 e. The number of morpholine rings is 1. The summed E-state index contributed by atoms with van der Waals surface area (Å²) in [7, 11) is 0. The molecule has 2 fully saturated rings. The van der Waals surface area contributed by atoms with Gasteiger partial charge in [0.25, 0.3) is 16.8 Å². The Hall–Kier alpha value is -3.70. The molecule has 11 heteroatoms. The van der Waals surface area contributed by atoms with Crippen LogP contribution in [0.1, 0.15) is 16.7 Å². The molecule has 2 heterocycles. The summed E-state index contributed by atoms with van der Waals surface area (Å²) >= 11 is 0.699. The van der Waals surface area contributed by atoms with Gasteiger partial charge >= 0.3 is 0 Å². The highest BCUT2D eigenvalue weighted by molar-refractivity contribution is 8.18. The minimum atomic E-state index is -0.614. The predicted molar refractivity (Wildman–Crippen MR) is 133 cm³/mol. The van der Waals surface area contributed by atoms with Crippen molar-refractivity contribution >= 4 is 52.0 Å². The Labute approximate surface area is 206 Å². The van der Waals surface area contributed by atoms with Crippen molar-refractivity contribution in [1.29, 1.82) is 0 Å². The van der Waals surface area contributed by atoms with E-state index in [-0.39, 0.29) is 10.6 Å². The van der Waals surface area contributed by atoms with Crippen LogP contribution in [0, 0.1) is 24.0 Å². The third-order valence-electron chi connectivity index (χ3n) is 5.77. The molecule has 0 spiro atoms. The van der Waals surface area contributed by atoms with Crippen molar-refractivity contribution in [3.63, 3.8) is 0 Å². The highest BCUT2D eigenvalue weighted by Gasteiger charge is 2.36. The Kier molecular flexibility index (Phi) is 7.17. The fourth-order valence-electron chi connectivity index (χ4n) is 3.97. The van der Waals surface area contributed by atoms with Crippen LogP contribution in [0.4, 0.5) is 21.9 Å². The molecular weight excluding hydrogens is 472 g/mol. The molecule has 0 aliphatic carbocycles. The number of nitrogens with one attached hydrogen (secondary N) is 1. The highest BCUT2D eigenvalue weighted by atomic mass is 32.2. The standard InChI is InChI=1S/C24H24N4O6S/c1-15-4-3-5-16(2)22(15)25-21(29)14-27-23(30)20(35-24(27)31)13-17-6-7-18(19(12-17)28(32)33)26-8-10-34-11-9-26/h3-7,12-13H,8-11,14H2,1-2H3,(H,25,29)/b20-13-. The number of aryl methyl sites for hydroxylation is 2. The fourth-order valence-corrected chi connectivity index (χ4v) is 4.81. The van der Waals surface area contributed by atoms with Crippen LogP contribution in [0.25, 0.3) is 6.08 Å². The van der Waals surface area contributed by atoms with Gasteiger partial charge in [0.2, 0.25) is 5.91 Å². The van der Waals surface area contributed by atoms with Gasteiger partial charge in [-0.2, -0.15) is 0 Å². The van der Waals surface area contributed by atoms with Gasteiger partial charge in [-0.1, -0.05) is 24.3 Å². The zero-order valence-corrected chi connectivity index (χ0v) is 20.1. The molecule has 0 atom stereocenters. The highest BCUT2D eigenvalue weighted by Crippen LogP contribution is 2.35. The smallest absolute Gasteiger partial charge is 0.294 e. The lowest BCUT2D eigenvalue weighted by atomic mass is 10.1. The normalized spacial score (nSPS) is 17.3. The van der Waals surface area contributed by atoms with Crippen LogP contribution in [0.3, 0.4) is 0 Å². The number of amides is 3. The zero-order chi connectivity index (χ0) is 25.1. The molecule has 35 heavy (non-hydrogen) atoms. The lowest BCUT2D eigenvalue weighted by Crippen LogP contribution is -2.36. The molecule has 4 rings (SSSR count). The number of nitro groups is 1. The zero-order valence-electron chi connectivity index (χ0n) is 19.3. The predicted octanol–water partition coefficient (Wildman–Crippen LogP) is 3.72. The van der Waals surface area contributed by atoms with Crippen molar-refractivity contribution in [2.75, 3.05) is 43.1 Å². The number of hydrogen-bond acceptors (Lipinski definition) is 8. The average molecular weight is 497 g/mol. The largest absolute Gasteiger partial charge is 0.378 e. The number of carbonyl (C=O) groups is 3. The van der Waals surface area contributed by atoms with Crippen LogP contribution in [0.5, 0.6) is 0 Å². The Bertz CT molecular complexity index is 1220. The maximum Gasteiger partial charge on any atom is 0.294 e. The Balaban J connectivity index is 1.50. The van der Waals surface area contributed by atoms with Crippen LogP contribution in [0.15, 0.2) is 41.3 Å². The van der Waals surface area contributed by atoms with Crippen molar-refractivity contribution in [1.82, 2.24) is 4.90 Å². The quantitative estimate of drug-likeness (QED) is 0.365. The molecule has 2 aliphatic rings. The number of thioether (sulfide) groups is 1. The number of benzene rings is 2. The van der Waals surface area contributed by atoms with Gasteiger partial charge in [-0.3, -0.25) is 29.4 Å². The number of hydrogen-bond donors (Lipinski definition) is 1. The first kappa shape index (κ1) is 24.4. The molecule has 10 nitrogen and oxygen atoms in total. The van der Waals surface area contributed by atoms with Crippen LogP contribution >= 0.6 is 11.8 Å². The van der Waals surface area contributed by atoms with Crippen LogP contribution in [0.2, 0.25) is 0 Å². The van der Waals surface area contributed by atoms with Gasteiger partial charge in [0.1, 0.15) is 12.2 Å². The first-order valence-electron chi connectivity index (χ1n) is 11.0. The van der Waals surface area contributed by atoms with E-state index in [9.17, 15) is 24.5 Å². The van der Waals surface area contributed by atoms with Gasteiger partial charge in [0.15, 0.2) is 0 Å². The third kappa shape index (κ3) is 5.36. The Morgan fingerprint density at radius 3 is 2.51 bits per heavy atom. The van der Waals surface area contributed by atoms with Gasteiger partial charge in [0, 0.05) is 24.8 Å². The van der Waals surface area contributed by atoms with Gasteiger partial charge in [-0.15, -0.1) is 0 Å². The molecule has 0 unspecified atom stereocenters. The molecule has 0 saturated carbocycles. The summed E-state index contributed by atoms with van der Waals surface area (Å²) in [5.41, 5.74) is 3.19. The summed E-state index contributed by atoms with van der Waals surface area (Å²) in [5.74, 6) is -1.10. The number of carbonyl (C=O) groups excluding carboxylic acids is 3. The first-order valence-corrected chi connectivity index (χ1v) is 11.8. The van der Waals surface area contributed by atoms with E-state index in [1.807, 2.05) is 36.9 Å². The Morgan fingerprint density at radius 2 is 1.86 bits per heavy atom. The Morgan fingerprint density at radius 1 is 1.17 bits per heavy atom. The molecule has 182 valence electrons. The molecule has 3 amide bonds. The van der Waals surface area contributed by atoms with Crippen molar-refractivity contribution in [3.8, 4) is 0 Å². The van der Waals surface area contributed by atoms with E-state index in [0.717, 1.165) is 16.0 Å². The molecule has 2 saturated heterocycles. The summed E-state index contributed by atoms with van der Waals surface area (Å²) in [4.78, 5) is 52.0. The molecule has 0 bridgehead atoms. The van der Waals surface area contributed by atoms with E-state index in [1.165, 1.54) is 12.1 Å². The van der Waals surface area contributed by atoms with E-state index in [4.69, 9.17) is 4.74 Å². The van der Waals surface area contributed by atoms with E-state index in [2.05, 4.69) is 5.32 Å². The van der Waals surface area contributed by atoms with Crippen molar-refractivity contribution in [2.45, 2.75) is 13.8 Å². The average Bonchev–Trinajstić information content (AvgIpc) is 3.09. The van der Waals surface area contributed by atoms with Gasteiger partial charge in [0.05, 0.1) is 23.0 Å². The molecule has 1 N–H and O–H groups in total. The number of para-hydroxylation sites is 1. The summed E-state index contributed by atoms with van der Waals surface area (Å²) in [5, 5.41) is 13.9. The second-order valence-electron chi connectivity index (χ2n) is 8.19. The number of rotatable bonds is 6. The second kappa shape index (κ2) is 10.3. The van der Waals surface area contributed by atoms with Crippen LogP contribution in [-0.2, 0) is 14.3 Å². The fraction of sp³-hybridized carbons (Fsp3) is 0.292. The first-order chi connectivity index (χ1) is 16.7. The molecular formula is C24H24N4O6S. The summed E-state index contributed by atoms with van der Waals surface area (Å²) in [6.45, 7) is 5.36. The van der Waals surface area contributed by atoms with Crippen LogP contribution < -0.4 is 10.2 Å². The number of ether oxygens (including phenoxy) is 1. The van der Waals surface area contributed by atoms with Crippen molar-refractivity contribution in [2.24, 2.45) is 0 Å². The summed E-state index contributed by atoms with van der Waals surface area (Å²) in [6.07, 6.45) is 1.43. The molecule has 2 aromatic rings. The van der Waals surface area contributed by atoms with Gasteiger partial charge < -0.3 is 15.0 Å². The van der Waals surface area contributed by atoms with Gasteiger partial charge in [-0.25, -0.2) is 0 Å². The number of imide groups is 1. The minimum absolute atomic E-state index is 0.0899. The number of anilines is 2. The number of nitro benzene ring substituents is 1. The summed E-state index contributed by atoms with van der Waals surface area (Å²) < 4.78 is 5.31. The van der Waals surface area contributed by atoms with E-state index in [1.54, 1.807) is 12.1 Å². The SMILES string of the molecule is Cc1cccc(C)c1NC(=O)CN1C(=O)S/C(=C\c2ccc(N3CCOCC3)c([N+](=O)[O-])c2)C1=O. The maximum absolute atomic E-state index is 12.9. The third-order valence-corrected chi connectivity index (χ3v) is 6.67. The topological polar surface area (TPSA) is 122 Å². The van der Waals surface area contributed by atoms with E-state index < -0.39 is 28.5 Å². The molecule has 2 aliphatic heterocycles. The van der Waals surface area contributed by atoms with E-state index >= 15 is 0 Å². The monoisotopic (exact) mass is 496 g/mol. The summed E-state index contributed by atoms with van der Waals surface area (Å²) in [6, 6.07) is 10.3. The van der Waals surface area contributed by atoms with Crippen molar-refractivity contribution < 1.29 is 24.0 Å². The van der Waals surface area contributed by atoms with Crippen LogP contribution in [-0.4, -0.2) is 59.7 Å². The molecule has 0 radical (unpaired) electrons. The second-order valence-corrected chi connectivity index (χ2v) is 9.18. The molecule has 0 aromatic heterocycles. The van der Waals surface area contributed by atoms with Gasteiger partial charge in [-0.05, 0) is 54.4 Å². The maximum atomic E-state index is 12.9.